The molecule has 1 fully saturated rings. The molecule has 2 aromatic carbocycles. The van der Waals surface area contributed by atoms with Gasteiger partial charge in [-0.3, -0.25) is 4.79 Å². The lowest BCUT2D eigenvalue weighted by molar-refractivity contribution is 0.112. The van der Waals surface area contributed by atoms with Crippen LogP contribution in [0.15, 0.2) is 36.4 Å². The molecule has 0 heterocycles. The zero-order valence-corrected chi connectivity index (χ0v) is 17.4. The molecular weight excluding hydrogens is 348 g/mol. The number of ether oxygens (including phenoxy) is 2. The fourth-order valence-corrected chi connectivity index (χ4v) is 3.62. The summed E-state index contributed by atoms with van der Waals surface area (Å²) in [4.78, 5) is 11.0. The first-order chi connectivity index (χ1) is 13.6. The van der Waals surface area contributed by atoms with Crippen molar-refractivity contribution >= 4 is 6.29 Å². The Balaban J connectivity index is 1.61. The molecular formula is C25H32O3. The molecule has 0 radical (unpaired) electrons. The second kappa shape index (κ2) is 9.77. The van der Waals surface area contributed by atoms with Crippen LogP contribution in [0, 0.1) is 5.92 Å². The van der Waals surface area contributed by atoms with Crippen LogP contribution in [0.25, 0.3) is 0 Å². The Bertz CT molecular complexity index is 790. The molecule has 0 amide bonds. The highest BCUT2D eigenvalue weighted by molar-refractivity contribution is 5.76. The number of hydrogen-bond acceptors (Lipinski definition) is 3. The van der Waals surface area contributed by atoms with E-state index in [1.54, 1.807) is 12.1 Å². The Morgan fingerprint density at radius 2 is 1.86 bits per heavy atom. The first kappa shape index (κ1) is 20.4. The molecule has 3 heteroatoms. The maximum absolute atomic E-state index is 11.0. The molecule has 1 aliphatic rings. The van der Waals surface area contributed by atoms with Crippen molar-refractivity contribution in [3.8, 4) is 11.5 Å². The van der Waals surface area contributed by atoms with Crippen molar-refractivity contribution in [3.63, 3.8) is 0 Å². The largest absolute Gasteiger partial charge is 0.490 e. The van der Waals surface area contributed by atoms with Gasteiger partial charge in [0.1, 0.15) is 6.29 Å². The van der Waals surface area contributed by atoms with Crippen LogP contribution in [-0.2, 0) is 12.8 Å². The van der Waals surface area contributed by atoms with Crippen LogP contribution in [0.4, 0.5) is 0 Å². The molecule has 1 saturated carbocycles. The molecule has 3 nitrogen and oxygen atoms in total. The third-order valence-electron chi connectivity index (χ3n) is 5.16. The maximum Gasteiger partial charge on any atom is 0.161 e. The summed E-state index contributed by atoms with van der Waals surface area (Å²) in [5.41, 5.74) is 5.06. The molecule has 0 aromatic heterocycles. The van der Waals surface area contributed by atoms with E-state index in [9.17, 15) is 4.79 Å². The number of carbonyl (C=O) groups excluding carboxylic acids is 1. The molecule has 0 atom stereocenters. The minimum absolute atomic E-state index is 0.547. The quantitative estimate of drug-likeness (QED) is 0.355. The van der Waals surface area contributed by atoms with E-state index in [0.29, 0.717) is 36.2 Å². The molecule has 0 unspecified atom stereocenters. The second-order valence-corrected chi connectivity index (χ2v) is 8.11. The lowest BCUT2D eigenvalue weighted by atomic mass is 9.93. The van der Waals surface area contributed by atoms with E-state index in [4.69, 9.17) is 9.47 Å². The SMILES string of the molecule is CCOc1cc(C=O)ccc1OCCCc1cc(C2CC2)ccc1CC(C)C. The highest BCUT2D eigenvalue weighted by Gasteiger charge is 2.24. The highest BCUT2D eigenvalue weighted by Crippen LogP contribution is 2.40. The van der Waals surface area contributed by atoms with Gasteiger partial charge in [0.25, 0.3) is 0 Å². The van der Waals surface area contributed by atoms with Crippen molar-refractivity contribution in [3.05, 3.63) is 58.7 Å². The van der Waals surface area contributed by atoms with Crippen LogP contribution in [-0.4, -0.2) is 19.5 Å². The van der Waals surface area contributed by atoms with Gasteiger partial charge in [-0.2, -0.15) is 0 Å². The Kier molecular flexibility index (Phi) is 7.13. The van der Waals surface area contributed by atoms with Gasteiger partial charge in [0.05, 0.1) is 13.2 Å². The zero-order valence-electron chi connectivity index (χ0n) is 17.4. The average molecular weight is 381 g/mol. The van der Waals surface area contributed by atoms with Crippen LogP contribution in [0.3, 0.4) is 0 Å². The Morgan fingerprint density at radius 3 is 2.54 bits per heavy atom. The van der Waals surface area contributed by atoms with E-state index in [2.05, 4.69) is 32.0 Å². The number of hydrogen-bond donors (Lipinski definition) is 0. The van der Waals surface area contributed by atoms with Crippen molar-refractivity contribution < 1.29 is 14.3 Å². The molecule has 0 spiro atoms. The number of aldehydes is 1. The van der Waals surface area contributed by atoms with E-state index in [0.717, 1.165) is 31.5 Å². The fraction of sp³-hybridized carbons (Fsp3) is 0.480. The van der Waals surface area contributed by atoms with Crippen molar-refractivity contribution in [1.29, 1.82) is 0 Å². The minimum Gasteiger partial charge on any atom is -0.490 e. The zero-order chi connectivity index (χ0) is 19.9. The number of benzene rings is 2. The van der Waals surface area contributed by atoms with Crippen LogP contribution in [0.5, 0.6) is 11.5 Å². The molecule has 0 saturated heterocycles. The smallest absolute Gasteiger partial charge is 0.161 e. The van der Waals surface area contributed by atoms with Crippen LogP contribution >= 0.6 is 0 Å². The summed E-state index contributed by atoms with van der Waals surface area (Å²) >= 11 is 0. The van der Waals surface area contributed by atoms with Gasteiger partial charge < -0.3 is 9.47 Å². The molecule has 2 aromatic rings. The number of rotatable bonds is 11. The summed E-state index contributed by atoms with van der Waals surface area (Å²) in [6, 6.07) is 12.4. The highest BCUT2D eigenvalue weighted by atomic mass is 16.5. The van der Waals surface area contributed by atoms with E-state index < -0.39 is 0 Å². The number of aryl methyl sites for hydroxylation is 1. The van der Waals surface area contributed by atoms with Crippen molar-refractivity contribution in [2.24, 2.45) is 5.92 Å². The Hall–Kier alpha value is -2.29. The van der Waals surface area contributed by atoms with Crippen LogP contribution < -0.4 is 9.47 Å². The van der Waals surface area contributed by atoms with Gasteiger partial charge in [-0.15, -0.1) is 0 Å². The third kappa shape index (κ3) is 5.60. The van der Waals surface area contributed by atoms with Crippen LogP contribution in [0.1, 0.15) is 73.0 Å². The fourth-order valence-electron chi connectivity index (χ4n) is 3.62. The van der Waals surface area contributed by atoms with Crippen molar-refractivity contribution in [2.75, 3.05) is 13.2 Å². The molecule has 28 heavy (non-hydrogen) atoms. The van der Waals surface area contributed by atoms with Gasteiger partial charge >= 0.3 is 0 Å². The van der Waals surface area contributed by atoms with Gasteiger partial charge in [0.2, 0.25) is 0 Å². The van der Waals surface area contributed by atoms with Gasteiger partial charge in [-0.05, 0) is 85.8 Å². The molecule has 0 bridgehead atoms. The van der Waals surface area contributed by atoms with Gasteiger partial charge in [0.15, 0.2) is 11.5 Å². The van der Waals surface area contributed by atoms with Crippen molar-refractivity contribution in [1.82, 2.24) is 0 Å². The second-order valence-electron chi connectivity index (χ2n) is 8.11. The van der Waals surface area contributed by atoms with Crippen molar-refractivity contribution in [2.45, 2.75) is 58.8 Å². The summed E-state index contributed by atoms with van der Waals surface area (Å²) in [5, 5.41) is 0. The summed E-state index contributed by atoms with van der Waals surface area (Å²) in [6.45, 7) is 7.67. The third-order valence-corrected chi connectivity index (χ3v) is 5.16. The topological polar surface area (TPSA) is 35.5 Å². The Morgan fingerprint density at radius 1 is 1.04 bits per heavy atom. The molecule has 1 aliphatic carbocycles. The summed E-state index contributed by atoms with van der Waals surface area (Å²) < 4.78 is 11.6. The van der Waals surface area contributed by atoms with Gasteiger partial charge in [-0.1, -0.05) is 32.0 Å². The lowest BCUT2D eigenvalue weighted by Crippen LogP contribution is -2.05. The molecule has 3 rings (SSSR count). The van der Waals surface area contributed by atoms with Gasteiger partial charge in [0, 0.05) is 5.56 Å². The summed E-state index contributed by atoms with van der Waals surface area (Å²) in [5.74, 6) is 2.80. The minimum atomic E-state index is 0.547. The van der Waals surface area contributed by atoms with E-state index in [-0.39, 0.29) is 0 Å². The van der Waals surface area contributed by atoms with E-state index in [1.165, 1.54) is 29.5 Å². The summed E-state index contributed by atoms with van der Waals surface area (Å²) in [7, 11) is 0. The lowest BCUT2D eigenvalue weighted by Gasteiger charge is -2.15. The summed E-state index contributed by atoms with van der Waals surface area (Å²) in [6.07, 6.45) is 6.61. The molecule has 150 valence electrons. The Labute approximate surface area is 169 Å². The predicted molar refractivity (Wildman–Crippen MR) is 114 cm³/mol. The van der Waals surface area contributed by atoms with E-state index >= 15 is 0 Å². The molecule has 0 N–H and O–H groups in total. The normalized spacial score (nSPS) is 13.6. The first-order valence-electron chi connectivity index (χ1n) is 10.6. The van der Waals surface area contributed by atoms with Gasteiger partial charge in [-0.25, -0.2) is 0 Å². The van der Waals surface area contributed by atoms with E-state index in [1.807, 2.05) is 13.0 Å². The van der Waals surface area contributed by atoms with Crippen LogP contribution in [0.2, 0.25) is 0 Å². The maximum atomic E-state index is 11.0. The standard InChI is InChI=1S/C25H32O3/c1-4-27-25-15-19(17-26)7-12-24(25)28-13-5-6-21-16-23(20-8-9-20)11-10-22(21)14-18(2)3/h7,10-12,15-18,20H,4-6,8-9,13-14H2,1-3H3. The number of carbonyl (C=O) groups is 1. The molecule has 0 aliphatic heterocycles. The monoisotopic (exact) mass is 380 g/mol. The predicted octanol–water partition coefficient (Wildman–Crippen LogP) is 5.99. The average Bonchev–Trinajstić information content (AvgIpc) is 3.52. The first-order valence-corrected chi connectivity index (χ1v) is 10.6.